The number of halogens is 1. The van der Waals surface area contributed by atoms with Crippen molar-refractivity contribution in [1.29, 1.82) is 0 Å². The number of benzene rings is 1. The summed E-state index contributed by atoms with van der Waals surface area (Å²) in [5.41, 5.74) is 0.281. The molecule has 1 heterocycles. The third-order valence-corrected chi connectivity index (χ3v) is 3.02. The van der Waals surface area contributed by atoms with Gasteiger partial charge in [-0.2, -0.15) is 0 Å². The van der Waals surface area contributed by atoms with Gasteiger partial charge in [-0.15, -0.1) is 0 Å². The van der Waals surface area contributed by atoms with Crippen molar-refractivity contribution in [1.82, 2.24) is 9.97 Å². The second-order valence-electron chi connectivity index (χ2n) is 4.20. The first-order chi connectivity index (χ1) is 9.47. The van der Waals surface area contributed by atoms with Crippen LogP contribution < -0.4 is 11.2 Å². The number of hydrogen-bond acceptors (Lipinski definition) is 3. The van der Waals surface area contributed by atoms with Crippen molar-refractivity contribution in [2.75, 3.05) is 0 Å². The van der Waals surface area contributed by atoms with E-state index >= 15 is 0 Å². The first-order valence-electron chi connectivity index (χ1n) is 5.78. The van der Waals surface area contributed by atoms with Gasteiger partial charge in [-0.1, -0.05) is 41.4 Å². The molecule has 2 rings (SSSR count). The monoisotopic (exact) mass is 290 g/mol. The van der Waals surface area contributed by atoms with E-state index in [0.717, 1.165) is 5.56 Å². The molecule has 0 aliphatic heterocycles. The van der Waals surface area contributed by atoms with Crippen molar-refractivity contribution in [3.05, 3.63) is 73.0 Å². The number of H-pyrrole nitrogens is 2. The first-order valence-corrected chi connectivity index (χ1v) is 6.16. The van der Waals surface area contributed by atoms with Gasteiger partial charge in [0.1, 0.15) is 5.02 Å². The molecule has 0 spiro atoms. The molecule has 0 atom stereocenters. The Bertz CT molecular complexity index is 785. The van der Waals surface area contributed by atoms with Crippen molar-refractivity contribution in [2.24, 2.45) is 0 Å². The number of aryl methyl sites for hydroxylation is 1. The number of rotatable bonds is 3. The summed E-state index contributed by atoms with van der Waals surface area (Å²) in [6.45, 7) is 1.92. The summed E-state index contributed by atoms with van der Waals surface area (Å²) in [6, 6.07) is 7.04. The highest BCUT2D eigenvalue weighted by Gasteiger charge is 2.05. The standard InChI is InChI=1S/C14H11ClN2O3/c1-8-2-4-9(5-3-8)11(18)7-6-10-12(15)13(19)17-14(20)16-10/h2-7H,1H3,(H2,16,17,19,20)/b7-6+. The van der Waals surface area contributed by atoms with E-state index in [9.17, 15) is 14.4 Å². The largest absolute Gasteiger partial charge is 0.326 e. The van der Waals surface area contributed by atoms with Gasteiger partial charge in [-0.3, -0.25) is 14.6 Å². The van der Waals surface area contributed by atoms with Crippen molar-refractivity contribution < 1.29 is 4.79 Å². The van der Waals surface area contributed by atoms with Crippen LogP contribution in [0.2, 0.25) is 5.02 Å². The Morgan fingerprint density at radius 1 is 1.15 bits per heavy atom. The molecule has 0 fully saturated rings. The average molecular weight is 291 g/mol. The number of allylic oxidation sites excluding steroid dienone is 1. The van der Waals surface area contributed by atoms with Gasteiger partial charge in [0.15, 0.2) is 5.78 Å². The molecule has 2 aromatic rings. The molecule has 0 amide bonds. The lowest BCUT2D eigenvalue weighted by molar-refractivity contribution is 0.104. The SMILES string of the molecule is Cc1ccc(C(=O)/C=C/c2[nH]c(=O)[nH]c(=O)c2Cl)cc1. The molecule has 1 aromatic carbocycles. The highest BCUT2D eigenvalue weighted by atomic mass is 35.5. The van der Waals surface area contributed by atoms with Gasteiger partial charge in [0.05, 0.1) is 5.69 Å². The van der Waals surface area contributed by atoms with Gasteiger partial charge in [-0.05, 0) is 19.1 Å². The van der Waals surface area contributed by atoms with E-state index in [1.165, 1.54) is 12.2 Å². The second kappa shape index (κ2) is 5.71. The Hall–Kier alpha value is -2.40. The topological polar surface area (TPSA) is 82.8 Å². The molecule has 0 bridgehead atoms. The highest BCUT2D eigenvalue weighted by molar-refractivity contribution is 6.31. The van der Waals surface area contributed by atoms with E-state index in [-0.39, 0.29) is 16.5 Å². The third-order valence-electron chi connectivity index (χ3n) is 2.65. The predicted molar refractivity (Wildman–Crippen MR) is 77.2 cm³/mol. The predicted octanol–water partition coefficient (Wildman–Crippen LogP) is 1.92. The molecular formula is C14H11ClN2O3. The Balaban J connectivity index is 2.30. The Morgan fingerprint density at radius 3 is 2.45 bits per heavy atom. The fourth-order valence-electron chi connectivity index (χ4n) is 1.58. The van der Waals surface area contributed by atoms with Crippen LogP contribution in [0.25, 0.3) is 6.08 Å². The van der Waals surface area contributed by atoms with Gasteiger partial charge in [0, 0.05) is 5.56 Å². The Kier molecular flexibility index (Phi) is 4.00. The number of aromatic amines is 2. The lowest BCUT2D eigenvalue weighted by Crippen LogP contribution is -2.23. The molecule has 2 N–H and O–H groups in total. The van der Waals surface area contributed by atoms with Gasteiger partial charge in [0.2, 0.25) is 0 Å². The molecule has 20 heavy (non-hydrogen) atoms. The maximum atomic E-state index is 11.9. The zero-order valence-electron chi connectivity index (χ0n) is 10.6. The molecule has 0 radical (unpaired) electrons. The maximum absolute atomic E-state index is 11.9. The van der Waals surface area contributed by atoms with Gasteiger partial charge < -0.3 is 4.98 Å². The zero-order valence-corrected chi connectivity index (χ0v) is 11.3. The van der Waals surface area contributed by atoms with Crippen LogP contribution in [0.1, 0.15) is 21.6 Å². The number of ketones is 1. The minimum atomic E-state index is -0.696. The Morgan fingerprint density at radius 2 is 1.80 bits per heavy atom. The molecule has 0 saturated carbocycles. The summed E-state index contributed by atoms with van der Waals surface area (Å²) in [4.78, 5) is 38.7. The molecule has 0 aliphatic rings. The van der Waals surface area contributed by atoms with Crippen molar-refractivity contribution in [3.63, 3.8) is 0 Å². The number of hydrogen-bond donors (Lipinski definition) is 2. The van der Waals surface area contributed by atoms with Crippen LogP contribution >= 0.6 is 11.6 Å². The van der Waals surface area contributed by atoms with E-state index in [0.29, 0.717) is 5.56 Å². The highest BCUT2D eigenvalue weighted by Crippen LogP contribution is 2.09. The van der Waals surface area contributed by atoms with E-state index in [4.69, 9.17) is 11.6 Å². The van der Waals surface area contributed by atoms with Crippen molar-refractivity contribution in [2.45, 2.75) is 6.92 Å². The van der Waals surface area contributed by atoms with Gasteiger partial charge in [0.25, 0.3) is 5.56 Å². The van der Waals surface area contributed by atoms with E-state index in [2.05, 4.69) is 4.98 Å². The van der Waals surface area contributed by atoms with Crippen LogP contribution in [0.3, 0.4) is 0 Å². The number of nitrogens with one attached hydrogen (secondary N) is 2. The first kappa shape index (κ1) is 14.0. The molecule has 102 valence electrons. The van der Waals surface area contributed by atoms with Gasteiger partial charge in [-0.25, -0.2) is 4.79 Å². The van der Waals surface area contributed by atoms with Gasteiger partial charge >= 0.3 is 5.69 Å². The summed E-state index contributed by atoms with van der Waals surface area (Å²) >= 11 is 5.74. The van der Waals surface area contributed by atoms with E-state index < -0.39 is 11.2 Å². The third kappa shape index (κ3) is 3.13. The van der Waals surface area contributed by atoms with Crippen LogP contribution in [0.4, 0.5) is 0 Å². The summed E-state index contributed by atoms with van der Waals surface area (Å²) in [5, 5.41) is -0.169. The molecular weight excluding hydrogens is 280 g/mol. The molecule has 0 saturated heterocycles. The summed E-state index contributed by atoms with van der Waals surface area (Å²) in [5.74, 6) is -0.248. The van der Waals surface area contributed by atoms with Crippen LogP contribution in [0.15, 0.2) is 39.9 Å². The fraction of sp³-hybridized carbons (Fsp3) is 0.0714. The second-order valence-corrected chi connectivity index (χ2v) is 4.58. The number of carbonyl (C=O) groups is 1. The maximum Gasteiger partial charge on any atom is 0.326 e. The average Bonchev–Trinajstić information content (AvgIpc) is 2.41. The minimum Gasteiger partial charge on any atom is -0.306 e. The molecule has 6 heteroatoms. The zero-order chi connectivity index (χ0) is 14.7. The lowest BCUT2D eigenvalue weighted by Gasteiger charge is -1.98. The Labute approximate surface area is 118 Å². The summed E-state index contributed by atoms with van der Waals surface area (Å²) in [6.07, 6.45) is 2.56. The minimum absolute atomic E-state index is 0.0980. The molecule has 0 aliphatic carbocycles. The molecule has 1 aromatic heterocycles. The van der Waals surface area contributed by atoms with Crippen molar-refractivity contribution >= 4 is 23.5 Å². The fourth-order valence-corrected chi connectivity index (χ4v) is 1.73. The van der Waals surface area contributed by atoms with Crippen LogP contribution in [0, 0.1) is 6.92 Å². The number of carbonyl (C=O) groups excluding carboxylic acids is 1. The van der Waals surface area contributed by atoms with E-state index in [1.54, 1.807) is 12.1 Å². The van der Waals surface area contributed by atoms with Crippen LogP contribution in [-0.2, 0) is 0 Å². The lowest BCUT2D eigenvalue weighted by atomic mass is 10.1. The molecule has 5 nitrogen and oxygen atoms in total. The summed E-state index contributed by atoms with van der Waals surface area (Å²) < 4.78 is 0. The molecule has 0 unspecified atom stereocenters. The van der Waals surface area contributed by atoms with Crippen LogP contribution in [-0.4, -0.2) is 15.8 Å². The normalized spacial score (nSPS) is 10.9. The van der Waals surface area contributed by atoms with Crippen molar-refractivity contribution in [3.8, 4) is 0 Å². The summed E-state index contributed by atoms with van der Waals surface area (Å²) in [7, 11) is 0. The number of aromatic nitrogens is 2. The van der Waals surface area contributed by atoms with E-state index in [1.807, 2.05) is 24.0 Å². The van der Waals surface area contributed by atoms with Crippen LogP contribution in [0.5, 0.6) is 0 Å². The quantitative estimate of drug-likeness (QED) is 0.669. The smallest absolute Gasteiger partial charge is 0.306 e.